The Hall–Kier alpha value is -6.64. The first kappa shape index (κ1) is 61.9. The predicted molar refractivity (Wildman–Crippen MR) is 340 cm³/mol. The van der Waals surface area contributed by atoms with E-state index in [0.29, 0.717) is 35.7 Å². The number of aromatic amines is 1. The van der Waals surface area contributed by atoms with Gasteiger partial charge in [0.05, 0.1) is 46.5 Å². The van der Waals surface area contributed by atoms with Crippen LogP contribution in [0.25, 0.3) is 11.2 Å². The normalized spacial score (nSPS) is 16.4. The summed E-state index contributed by atoms with van der Waals surface area (Å²) in [5.41, 5.74) is 2.29. The number of nitrogens with zero attached hydrogens (tertiary/aromatic N) is 4. The molecule has 2 N–H and O–H groups in total. The summed E-state index contributed by atoms with van der Waals surface area (Å²) in [6.07, 6.45) is -0.148. The van der Waals surface area contributed by atoms with Gasteiger partial charge in [-0.25, -0.2) is 9.65 Å². The Morgan fingerprint density at radius 2 is 1.30 bits per heavy atom. The Balaban J connectivity index is 1.07. The van der Waals surface area contributed by atoms with Gasteiger partial charge < -0.3 is 32.4 Å². The average Bonchev–Trinajstić information content (AvgIpc) is 1.26. The molecule has 2 aromatic heterocycles. The molecule has 1 fully saturated rings. The number of hydrogen-bond donors (Lipinski definition) is 2. The number of fused-ring (bicyclic) bond motifs is 1. The van der Waals surface area contributed by atoms with Gasteiger partial charge in [0.2, 0.25) is 5.95 Å². The van der Waals surface area contributed by atoms with Crippen molar-refractivity contribution in [2.24, 2.45) is 0 Å². The van der Waals surface area contributed by atoms with E-state index in [9.17, 15) is 9.59 Å². The van der Waals surface area contributed by atoms with Crippen molar-refractivity contribution in [1.82, 2.24) is 24.2 Å². The van der Waals surface area contributed by atoms with Crippen molar-refractivity contribution in [3.63, 3.8) is 0 Å². The topological polar surface area (TPSA) is 161 Å². The summed E-state index contributed by atoms with van der Waals surface area (Å²) < 4.78 is 51.5. The van der Waals surface area contributed by atoms with Crippen LogP contribution in [0.5, 0.6) is 11.5 Å². The molecular weight excluding hydrogens is 1110 g/mol. The van der Waals surface area contributed by atoms with Crippen molar-refractivity contribution in [3.05, 3.63) is 208 Å². The van der Waals surface area contributed by atoms with Crippen LogP contribution in [0.1, 0.15) is 93.7 Å². The first-order valence-corrected chi connectivity index (χ1v) is 35.6. The molecule has 442 valence electrons. The standard InChI is InChI=1S/C66H81N6O9PSi2/c1-46(2)72(47(3)4)82(78-40-41-83(10,11)12)81-57-42-59(80-58(57)44-77-66(49-25-16-13-17-26-49,50-32-36-52(75-8)37-33-50)51-34-38-53(76-9)39-35-51)71-45-67-60-61(71)68-64(70-63(60)74)69-62(73)56-31-23-22-24-48(56)43-79-84(65(5,6)7,54-27-18-14-19-28-54)55-29-20-15-21-30-55/h13-39,45-47,57-59H,40-44H2,1-12H3,(H2,68,69,70,73,74)/t57-,58+,59+,82?/m0/s1. The van der Waals surface area contributed by atoms with Crippen molar-refractivity contribution < 1.29 is 37.2 Å². The highest BCUT2D eigenvalue weighted by Gasteiger charge is 2.51. The minimum Gasteiger partial charge on any atom is -0.497 e. The van der Waals surface area contributed by atoms with E-state index in [0.717, 1.165) is 33.1 Å². The number of nitrogens with one attached hydrogen (secondary N) is 2. The van der Waals surface area contributed by atoms with Gasteiger partial charge in [0.1, 0.15) is 29.4 Å². The molecule has 9 rings (SSSR count). The molecule has 6 aromatic carbocycles. The van der Waals surface area contributed by atoms with Crippen LogP contribution < -0.4 is 30.7 Å². The van der Waals surface area contributed by atoms with Gasteiger partial charge in [-0.1, -0.05) is 174 Å². The first-order chi connectivity index (χ1) is 40.3. The zero-order valence-electron chi connectivity index (χ0n) is 50.5. The van der Waals surface area contributed by atoms with Crippen molar-refractivity contribution in [3.8, 4) is 11.5 Å². The number of imidazole rings is 1. The van der Waals surface area contributed by atoms with E-state index < -0.39 is 60.4 Å². The molecule has 1 amide bonds. The summed E-state index contributed by atoms with van der Waals surface area (Å²) >= 11 is 0. The second-order valence-corrected chi connectivity index (χ2v) is 35.4. The number of methoxy groups -OCH3 is 2. The number of benzene rings is 6. The van der Waals surface area contributed by atoms with E-state index in [1.165, 1.54) is 0 Å². The number of H-pyrrole nitrogens is 1. The molecule has 1 saturated heterocycles. The third-order valence-electron chi connectivity index (χ3n) is 15.4. The van der Waals surface area contributed by atoms with Gasteiger partial charge in [-0.3, -0.25) is 24.5 Å². The minimum absolute atomic E-state index is 0.0523. The Kier molecular flexibility index (Phi) is 19.7. The Morgan fingerprint density at radius 1 is 0.762 bits per heavy atom. The summed E-state index contributed by atoms with van der Waals surface area (Å²) in [7, 11) is -2.80. The van der Waals surface area contributed by atoms with Crippen LogP contribution in [-0.4, -0.2) is 98.2 Å². The Bertz CT molecular complexity index is 3390. The third kappa shape index (κ3) is 13.6. The summed E-state index contributed by atoms with van der Waals surface area (Å²) in [6, 6.07) is 55.3. The fourth-order valence-corrected chi connectivity index (χ4v) is 18.4. The Morgan fingerprint density at radius 3 is 1.83 bits per heavy atom. The molecular formula is C66H81N6O9PSi2. The monoisotopic (exact) mass is 1190 g/mol. The number of aromatic nitrogens is 4. The molecule has 4 atom stereocenters. The van der Waals surface area contributed by atoms with Crippen LogP contribution in [0.3, 0.4) is 0 Å². The van der Waals surface area contributed by atoms with Gasteiger partial charge >= 0.3 is 0 Å². The van der Waals surface area contributed by atoms with Crippen molar-refractivity contribution in [2.75, 3.05) is 32.8 Å². The number of ether oxygens (including phenoxy) is 4. The maximum absolute atomic E-state index is 14.6. The van der Waals surface area contributed by atoms with Crippen molar-refractivity contribution >= 4 is 58.3 Å². The Labute approximate surface area is 498 Å². The van der Waals surface area contributed by atoms with Gasteiger partial charge in [-0.15, -0.1) is 0 Å². The highest BCUT2D eigenvalue weighted by Crippen LogP contribution is 2.51. The molecule has 84 heavy (non-hydrogen) atoms. The lowest BCUT2D eigenvalue weighted by Gasteiger charge is -2.43. The molecule has 1 aliphatic heterocycles. The summed E-state index contributed by atoms with van der Waals surface area (Å²) in [4.78, 5) is 41.0. The highest BCUT2D eigenvalue weighted by molar-refractivity contribution is 7.44. The van der Waals surface area contributed by atoms with E-state index in [1.807, 2.05) is 121 Å². The molecule has 18 heteroatoms. The molecule has 0 saturated carbocycles. The molecule has 15 nitrogen and oxygen atoms in total. The average molecular weight is 1190 g/mol. The summed E-state index contributed by atoms with van der Waals surface area (Å²) in [5, 5.41) is 4.89. The summed E-state index contributed by atoms with van der Waals surface area (Å²) in [6.45, 7) is 23.1. The summed E-state index contributed by atoms with van der Waals surface area (Å²) in [5.74, 6) is 0.893. The fourth-order valence-electron chi connectivity index (χ4n) is 11.3. The molecule has 3 heterocycles. The third-order valence-corrected chi connectivity index (χ3v) is 24.3. The number of amides is 1. The van der Waals surface area contributed by atoms with Crippen LogP contribution in [0.2, 0.25) is 30.7 Å². The van der Waals surface area contributed by atoms with Gasteiger partial charge in [0.25, 0.3) is 28.3 Å². The van der Waals surface area contributed by atoms with E-state index in [2.05, 4.69) is 124 Å². The van der Waals surface area contributed by atoms with Crippen LogP contribution in [0.15, 0.2) is 175 Å². The van der Waals surface area contributed by atoms with Gasteiger partial charge in [0.15, 0.2) is 11.2 Å². The molecule has 1 aliphatic rings. The first-order valence-electron chi connectivity index (χ1n) is 28.9. The number of hydrogen-bond acceptors (Lipinski definition) is 12. The fraction of sp³-hybridized carbons (Fsp3) is 0.364. The van der Waals surface area contributed by atoms with Crippen molar-refractivity contribution in [2.45, 2.75) is 128 Å². The van der Waals surface area contributed by atoms with Crippen LogP contribution >= 0.6 is 8.53 Å². The van der Waals surface area contributed by atoms with Crippen molar-refractivity contribution in [1.29, 1.82) is 0 Å². The molecule has 0 bridgehead atoms. The van der Waals surface area contributed by atoms with E-state index in [1.54, 1.807) is 31.2 Å². The molecule has 1 unspecified atom stereocenters. The number of carbonyl (C=O) groups excluding carboxylic acids is 1. The molecule has 0 spiro atoms. The quantitative estimate of drug-likeness (QED) is 0.0317. The molecule has 0 aliphatic carbocycles. The highest BCUT2D eigenvalue weighted by atomic mass is 31.2. The second-order valence-electron chi connectivity index (χ2n) is 24.1. The number of carbonyl (C=O) groups is 1. The van der Waals surface area contributed by atoms with Gasteiger partial charge in [0, 0.05) is 32.1 Å². The van der Waals surface area contributed by atoms with Crippen LogP contribution in [-0.2, 0) is 35.2 Å². The molecule has 8 aromatic rings. The largest absolute Gasteiger partial charge is 0.497 e. The van der Waals surface area contributed by atoms with E-state index in [-0.39, 0.29) is 47.4 Å². The van der Waals surface area contributed by atoms with E-state index >= 15 is 0 Å². The lowest BCUT2D eigenvalue weighted by Crippen LogP contribution is -2.66. The maximum atomic E-state index is 14.6. The second kappa shape index (κ2) is 26.7. The smallest absolute Gasteiger partial charge is 0.280 e. The van der Waals surface area contributed by atoms with Gasteiger partial charge in [-0.2, -0.15) is 4.98 Å². The van der Waals surface area contributed by atoms with E-state index in [4.69, 9.17) is 37.4 Å². The SMILES string of the molecule is COc1ccc(C(OC[C@H]2O[C@@H](n3cnc4c(=O)[nH]c(NC(=O)c5ccccc5CO[Si](c5ccccc5)(c5ccccc5)C(C)(C)C)nc43)C[C@@H]2OP(OCC[Si](C)(C)C)N(C(C)C)C(C)C)(c2ccccc2)c2ccc(OC)cc2)cc1. The lowest BCUT2D eigenvalue weighted by molar-refractivity contribution is -0.0911. The zero-order chi connectivity index (χ0) is 59.8. The maximum Gasteiger partial charge on any atom is 0.280 e. The number of anilines is 1. The zero-order valence-corrected chi connectivity index (χ0v) is 53.4. The number of rotatable bonds is 25. The van der Waals surface area contributed by atoms with Gasteiger partial charge in [-0.05, 0) is 102 Å². The minimum atomic E-state index is -2.98. The molecule has 0 radical (unpaired) electrons. The van der Waals surface area contributed by atoms with Crippen LogP contribution in [0, 0.1) is 0 Å². The van der Waals surface area contributed by atoms with Crippen LogP contribution in [0.4, 0.5) is 5.95 Å². The predicted octanol–water partition coefficient (Wildman–Crippen LogP) is 12.8. The lowest BCUT2D eigenvalue weighted by atomic mass is 9.80.